The van der Waals surface area contributed by atoms with Gasteiger partial charge >= 0.3 is 0 Å². The number of halogens is 1. The molecule has 0 saturated carbocycles. The summed E-state index contributed by atoms with van der Waals surface area (Å²) in [5.74, 6) is -0.296. The average molecular weight is 393 g/mol. The van der Waals surface area contributed by atoms with E-state index in [1.54, 1.807) is 7.05 Å². The fraction of sp³-hybridized carbons (Fsp3) is 0.471. The molecule has 1 aromatic heterocycles. The number of non-ortho nitro benzene ring substituents is 1. The lowest BCUT2D eigenvalue weighted by molar-refractivity contribution is -0.384. The van der Waals surface area contributed by atoms with Crippen LogP contribution in [0.25, 0.3) is 0 Å². The van der Waals surface area contributed by atoms with E-state index < -0.39 is 4.92 Å². The number of nitrogens with zero attached hydrogens (tertiary/aromatic N) is 5. The van der Waals surface area contributed by atoms with Crippen LogP contribution in [0.1, 0.15) is 40.6 Å². The van der Waals surface area contributed by atoms with Gasteiger partial charge in [0.2, 0.25) is 0 Å². The molecular formula is C17H21ClN6O3. The van der Waals surface area contributed by atoms with Gasteiger partial charge in [0.25, 0.3) is 11.6 Å². The molecular weight excluding hydrogens is 372 g/mol. The lowest BCUT2D eigenvalue weighted by Crippen LogP contribution is -2.30. The highest BCUT2D eigenvalue weighted by Gasteiger charge is 2.25. The highest BCUT2D eigenvalue weighted by atomic mass is 35.5. The summed E-state index contributed by atoms with van der Waals surface area (Å²) in [6, 6.07) is 4.41. The topological polar surface area (TPSA) is 106 Å². The van der Waals surface area contributed by atoms with Crippen molar-refractivity contribution in [2.24, 2.45) is 0 Å². The predicted molar refractivity (Wildman–Crippen MR) is 99.8 cm³/mol. The number of nitro benzene ring substituents is 1. The van der Waals surface area contributed by atoms with Crippen LogP contribution < -0.4 is 5.32 Å². The van der Waals surface area contributed by atoms with Gasteiger partial charge in [-0.15, -0.1) is 5.10 Å². The molecule has 1 aliphatic heterocycles. The fourth-order valence-corrected chi connectivity index (χ4v) is 3.42. The molecule has 0 aliphatic carbocycles. The predicted octanol–water partition coefficient (Wildman–Crippen LogP) is 2.34. The van der Waals surface area contributed by atoms with Gasteiger partial charge in [0.05, 0.1) is 16.7 Å². The Morgan fingerprint density at radius 1 is 1.44 bits per heavy atom. The Hall–Kier alpha value is -2.52. The van der Waals surface area contributed by atoms with E-state index in [1.165, 1.54) is 23.1 Å². The van der Waals surface area contributed by atoms with Crippen molar-refractivity contribution in [2.45, 2.75) is 32.4 Å². The first kappa shape index (κ1) is 19.2. The van der Waals surface area contributed by atoms with E-state index in [4.69, 9.17) is 11.6 Å². The summed E-state index contributed by atoms with van der Waals surface area (Å²) in [6.45, 7) is 3.80. The highest BCUT2D eigenvalue weighted by Crippen LogP contribution is 2.24. The number of hydrogen-bond acceptors (Lipinski definition) is 6. The van der Waals surface area contributed by atoms with Crippen molar-refractivity contribution in [1.29, 1.82) is 0 Å². The summed E-state index contributed by atoms with van der Waals surface area (Å²) in [5, 5.41) is 22.9. The van der Waals surface area contributed by atoms with E-state index in [0.717, 1.165) is 31.6 Å². The second-order valence-corrected chi connectivity index (χ2v) is 7.05. The molecule has 1 saturated heterocycles. The SMILES string of the molecule is Cc1c(C(=O)N(C)Cc2cc([N+](=O)[O-])ccc2Cl)nnn1C1CCNCC1. The van der Waals surface area contributed by atoms with E-state index in [9.17, 15) is 14.9 Å². The number of carbonyl (C=O) groups is 1. The van der Waals surface area contributed by atoms with Gasteiger partial charge in [0.15, 0.2) is 5.69 Å². The van der Waals surface area contributed by atoms with Crippen molar-refractivity contribution in [3.8, 4) is 0 Å². The summed E-state index contributed by atoms with van der Waals surface area (Å²) in [5.41, 5.74) is 1.45. The smallest absolute Gasteiger partial charge is 0.276 e. The normalized spacial score (nSPS) is 14.9. The highest BCUT2D eigenvalue weighted by molar-refractivity contribution is 6.31. The summed E-state index contributed by atoms with van der Waals surface area (Å²) in [4.78, 5) is 24.7. The first-order valence-electron chi connectivity index (χ1n) is 8.69. The number of aromatic nitrogens is 3. The van der Waals surface area contributed by atoms with E-state index in [0.29, 0.717) is 10.6 Å². The molecule has 1 N–H and O–H groups in total. The molecule has 0 radical (unpaired) electrons. The van der Waals surface area contributed by atoms with Crippen LogP contribution in [0.3, 0.4) is 0 Å². The summed E-state index contributed by atoms with van der Waals surface area (Å²) >= 11 is 6.13. The minimum Gasteiger partial charge on any atom is -0.336 e. The molecule has 3 rings (SSSR count). The minimum absolute atomic E-state index is 0.0664. The Bertz CT molecular complexity index is 862. The van der Waals surface area contributed by atoms with Crippen LogP contribution in [0.15, 0.2) is 18.2 Å². The second-order valence-electron chi connectivity index (χ2n) is 6.64. The van der Waals surface area contributed by atoms with Crippen LogP contribution in [0.5, 0.6) is 0 Å². The van der Waals surface area contributed by atoms with Crippen molar-refractivity contribution < 1.29 is 9.72 Å². The zero-order valence-corrected chi connectivity index (χ0v) is 15.9. The quantitative estimate of drug-likeness (QED) is 0.618. The van der Waals surface area contributed by atoms with E-state index >= 15 is 0 Å². The summed E-state index contributed by atoms with van der Waals surface area (Å²) in [6.07, 6.45) is 1.88. The fourth-order valence-electron chi connectivity index (χ4n) is 3.24. The Morgan fingerprint density at radius 2 is 2.15 bits per heavy atom. The number of piperidine rings is 1. The van der Waals surface area contributed by atoms with Crippen LogP contribution in [0.2, 0.25) is 5.02 Å². The van der Waals surface area contributed by atoms with Crippen molar-refractivity contribution in [2.75, 3.05) is 20.1 Å². The third-order valence-corrected chi connectivity index (χ3v) is 5.15. The largest absolute Gasteiger partial charge is 0.336 e. The molecule has 144 valence electrons. The van der Waals surface area contributed by atoms with Gasteiger partial charge in [-0.2, -0.15) is 0 Å². The molecule has 0 unspecified atom stereocenters. The van der Waals surface area contributed by atoms with Crippen LogP contribution >= 0.6 is 11.6 Å². The number of benzene rings is 1. The molecule has 9 nitrogen and oxygen atoms in total. The molecule has 0 atom stereocenters. The number of amides is 1. The molecule has 1 amide bonds. The van der Waals surface area contributed by atoms with Gasteiger partial charge in [0, 0.05) is 30.7 Å². The van der Waals surface area contributed by atoms with Crippen molar-refractivity contribution >= 4 is 23.2 Å². The minimum atomic E-state index is -0.490. The van der Waals surface area contributed by atoms with Gasteiger partial charge in [-0.05, 0) is 44.5 Å². The summed E-state index contributed by atoms with van der Waals surface area (Å²) < 4.78 is 1.82. The van der Waals surface area contributed by atoms with Crippen molar-refractivity contribution in [1.82, 2.24) is 25.2 Å². The first-order chi connectivity index (χ1) is 12.9. The molecule has 1 aromatic carbocycles. The van der Waals surface area contributed by atoms with Crippen molar-refractivity contribution in [3.05, 3.63) is 50.3 Å². The lowest BCUT2D eigenvalue weighted by atomic mass is 10.1. The number of nitro groups is 1. The van der Waals surface area contributed by atoms with Crippen LogP contribution in [0.4, 0.5) is 5.69 Å². The third-order valence-electron chi connectivity index (χ3n) is 4.78. The standard InChI is InChI=1S/C17H21ClN6O3/c1-11-16(20-21-23(11)13-5-7-19-8-6-13)17(25)22(2)10-12-9-14(24(26)27)3-4-15(12)18/h3-4,9,13,19H,5-8,10H2,1-2H3. The maximum absolute atomic E-state index is 12.8. The number of nitrogens with one attached hydrogen (secondary N) is 1. The van der Waals surface area contributed by atoms with E-state index in [-0.39, 0.29) is 29.9 Å². The van der Waals surface area contributed by atoms with E-state index in [1.807, 2.05) is 11.6 Å². The third kappa shape index (κ3) is 4.09. The molecule has 0 spiro atoms. The van der Waals surface area contributed by atoms with E-state index in [2.05, 4.69) is 15.6 Å². The Labute approximate surface area is 161 Å². The van der Waals surface area contributed by atoms with Gasteiger partial charge in [-0.1, -0.05) is 16.8 Å². The molecule has 27 heavy (non-hydrogen) atoms. The molecule has 2 heterocycles. The van der Waals surface area contributed by atoms with Crippen LogP contribution in [0, 0.1) is 17.0 Å². The lowest BCUT2D eigenvalue weighted by Gasteiger charge is -2.23. The second kappa shape index (κ2) is 8.01. The zero-order valence-electron chi connectivity index (χ0n) is 15.2. The van der Waals surface area contributed by atoms with Gasteiger partial charge in [0.1, 0.15) is 0 Å². The molecule has 1 aliphatic rings. The summed E-state index contributed by atoms with van der Waals surface area (Å²) in [7, 11) is 1.61. The van der Waals surface area contributed by atoms with Gasteiger partial charge in [-0.3, -0.25) is 14.9 Å². The van der Waals surface area contributed by atoms with Crippen LogP contribution in [-0.2, 0) is 6.54 Å². The molecule has 10 heteroatoms. The molecule has 2 aromatic rings. The zero-order chi connectivity index (χ0) is 19.6. The van der Waals surface area contributed by atoms with Gasteiger partial charge < -0.3 is 10.2 Å². The Morgan fingerprint density at radius 3 is 2.81 bits per heavy atom. The number of hydrogen-bond donors (Lipinski definition) is 1. The molecule has 0 bridgehead atoms. The number of carbonyl (C=O) groups excluding carboxylic acids is 1. The Balaban J connectivity index is 1.77. The average Bonchev–Trinajstić information content (AvgIpc) is 3.04. The molecule has 1 fully saturated rings. The first-order valence-corrected chi connectivity index (χ1v) is 9.07. The Kier molecular flexibility index (Phi) is 5.71. The maximum atomic E-state index is 12.8. The van der Waals surface area contributed by atoms with Gasteiger partial charge in [-0.25, -0.2) is 4.68 Å². The van der Waals surface area contributed by atoms with Crippen molar-refractivity contribution in [3.63, 3.8) is 0 Å². The number of rotatable bonds is 5. The monoisotopic (exact) mass is 392 g/mol. The maximum Gasteiger partial charge on any atom is 0.276 e. The van der Waals surface area contributed by atoms with Crippen LogP contribution in [-0.4, -0.2) is 50.9 Å².